The molecule has 2 aromatic heterocycles. The Morgan fingerprint density at radius 2 is 1.76 bits per heavy atom. The third-order valence-corrected chi connectivity index (χ3v) is 5.82. The SMILES string of the molecule is Oc1c(C(Nc2nc3ccccc3s2)c2ccc(F)cc2)ccc2cccnc12. The van der Waals surface area contributed by atoms with E-state index in [0.29, 0.717) is 11.1 Å². The van der Waals surface area contributed by atoms with Crippen LogP contribution in [-0.2, 0) is 0 Å². The van der Waals surface area contributed by atoms with Crippen molar-refractivity contribution < 1.29 is 9.50 Å². The summed E-state index contributed by atoms with van der Waals surface area (Å²) in [4.78, 5) is 8.97. The molecule has 5 aromatic rings. The molecule has 142 valence electrons. The van der Waals surface area contributed by atoms with E-state index < -0.39 is 6.04 Å². The average molecular weight is 401 g/mol. The van der Waals surface area contributed by atoms with Gasteiger partial charge in [-0.3, -0.25) is 4.98 Å². The number of fused-ring (bicyclic) bond motifs is 2. The van der Waals surface area contributed by atoms with Crippen molar-refractivity contribution in [2.24, 2.45) is 0 Å². The zero-order valence-corrected chi connectivity index (χ0v) is 16.0. The van der Waals surface area contributed by atoms with Gasteiger partial charge in [0.15, 0.2) is 5.13 Å². The molecule has 0 aliphatic rings. The highest BCUT2D eigenvalue weighted by atomic mass is 32.1. The third-order valence-electron chi connectivity index (χ3n) is 4.86. The molecule has 0 saturated heterocycles. The zero-order chi connectivity index (χ0) is 19.8. The highest BCUT2D eigenvalue weighted by Crippen LogP contribution is 2.38. The quantitative estimate of drug-likeness (QED) is 0.394. The summed E-state index contributed by atoms with van der Waals surface area (Å²) in [5, 5.41) is 16.0. The Morgan fingerprint density at radius 1 is 0.931 bits per heavy atom. The van der Waals surface area contributed by atoms with E-state index in [1.165, 1.54) is 23.5 Å². The van der Waals surface area contributed by atoms with Gasteiger partial charge in [-0.25, -0.2) is 9.37 Å². The van der Waals surface area contributed by atoms with Crippen LogP contribution in [0.3, 0.4) is 0 Å². The van der Waals surface area contributed by atoms with E-state index in [9.17, 15) is 9.50 Å². The molecule has 0 saturated carbocycles. The van der Waals surface area contributed by atoms with E-state index in [1.54, 1.807) is 18.3 Å². The lowest BCUT2D eigenvalue weighted by molar-refractivity contribution is 0.471. The maximum Gasteiger partial charge on any atom is 0.184 e. The predicted molar refractivity (Wildman–Crippen MR) is 115 cm³/mol. The number of hydrogen-bond acceptors (Lipinski definition) is 5. The van der Waals surface area contributed by atoms with E-state index >= 15 is 0 Å². The lowest BCUT2D eigenvalue weighted by Crippen LogP contribution is -2.12. The fraction of sp³-hybridized carbons (Fsp3) is 0.0435. The molecule has 0 bridgehead atoms. The van der Waals surface area contributed by atoms with Crippen LogP contribution in [0.4, 0.5) is 9.52 Å². The maximum absolute atomic E-state index is 13.5. The number of para-hydroxylation sites is 1. The number of thiazole rings is 1. The van der Waals surface area contributed by atoms with Crippen LogP contribution in [0.1, 0.15) is 17.2 Å². The summed E-state index contributed by atoms with van der Waals surface area (Å²) in [7, 11) is 0. The first kappa shape index (κ1) is 17.6. The molecule has 0 aliphatic heterocycles. The monoisotopic (exact) mass is 401 g/mol. The second-order valence-corrected chi connectivity index (χ2v) is 7.72. The number of pyridine rings is 1. The molecule has 0 spiro atoms. The fourth-order valence-corrected chi connectivity index (χ4v) is 4.33. The molecule has 4 nitrogen and oxygen atoms in total. The molecule has 5 rings (SSSR count). The van der Waals surface area contributed by atoms with Crippen LogP contribution in [0, 0.1) is 5.82 Å². The van der Waals surface area contributed by atoms with Gasteiger partial charge in [-0.2, -0.15) is 0 Å². The van der Waals surface area contributed by atoms with Gasteiger partial charge in [-0.1, -0.05) is 53.8 Å². The first-order valence-corrected chi connectivity index (χ1v) is 9.95. The van der Waals surface area contributed by atoms with Crippen LogP contribution >= 0.6 is 11.3 Å². The van der Waals surface area contributed by atoms with E-state index in [2.05, 4.69) is 15.3 Å². The number of nitrogens with zero attached hydrogens (tertiary/aromatic N) is 2. The van der Waals surface area contributed by atoms with Crippen molar-refractivity contribution in [3.63, 3.8) is 0 Å². The van der Waals surface area contributed by atoms with Crippen molar-refractivity contribution in [1.82, 2.24) is 9.97 Å². The number of nitrogens with one attached hydrogen (secondary N) is 1. The zero-order valence-electron chi connectivity index (χ0n) is 15.2. The Hall–Kier alpha value is -3.51. The first-order valence-electron chi connectivity index (χ1n) is 9.13. The second kappa shape index (κ2) is 7.14. The van der Waals surface area contributed by atoms with Crippen LogP contribution in [0.25, 0.3) is 21.1 Å². The molecule has 1 unspecified atom stereocenters. The normalized spacial score (nSPS) is 12.3. The summed E-state index contributed by atoms with van der Waals surface area (Å²) < 4.78 is 14.6. The van der Waals surface area contributed by atoms with Gasteiger partial charge in [0.25, 0.3) is 0 Å². The molecule has 6 heteroatoms. The second-order valence-electron chi connectivity index (χ2n) is 6.69. The van der Waals surface area contributed by atoms with Gasteiger partial charge in [0, 0.05) is 17.1 Å². The van der Waals surface area contributed by atoms with Crippen molar-refractivity contribution in [2.75, 3.05) is 5.32 Å². The lowest BCUT2D eigenvalue weighted by atomic mass is 9.96. The summed E-state index contributed by atoms with van der Waals surface area (Å²) in [6.45, 7) is 0. The molecule has 2 heterocycles. The molecule has 3 aromatic carbocycles. The summed E-state index contributed by atoms with van der Waals surface area (Å²) in [5.41, 5.74) is 2.91. The van der Waals surface area contributed by atoms with Crippen molar-refractivity contribution in [3.8, 4) is 5.75 Å². The van der Waals surface area contributed by atoms with Crippen LogP contribution < -0.4 is 5.32 Å². The van der Waals surface area contributed by atoms with Crippen molar-refractivity contribution in [1.29, 1.82) is 0 Å². The van der Waals surface area contributed by atoms with Gasteiger partial charge in [0.1, 0.15) is 17.1 Å². The number of phenols is 1. The number of aromatic hydroxyl groups is 1. The average Bonchev–Trinajstić information content (AvgIpc) is 3.16. The van der Waals surface area contributed by atoms with E-state index in [1.807, 2.05) is 48.5 Å². The minimum Gasteiger partial charge on any atom is -0.505 e. The Labute approximate surface area is 170 Å². The molecule has 0 fully saturated rings. The Balaban J connectivity index is 1.64. The third kappa shape index (κ3) is 3.28. The summed E-state index contributed by atoms with van der Waals surface area (Å²) in [6.07, 6.45) is 1.65. The molecule has 29 heavy (non-hydrogen) atoms. The number of phenolic OH excluding ortho intramolecular Hbond substituents is 1. The van der Waals surface area contributed by atoms with Gasteiger partial charge in [-0.05, 0) is 35.9 Å². The van der Waals surface area contributed by atoms with E-state index in [-0.39, 0.29) is 11.6 Å². The van der Waals surface area contributed by atoms with Gasteiger partial charge in [-0.15, -0.1) is 0 Å². The summed E-state index contributed by atoms with van der Waals surface area (Å²) in [6, 6.07) is 21.3. The smallest absolute Gasteiger partial charge is 0.184 e. The van der Waals surface area contributed by atoms with Crippen molar-refractivity contribution in [3.05, 3.63) is 95.9 Å². The molecule has 1 atom stereocenters. The Kier molecular flexibility index (Phi) is 4.33. The highest BCUT2D eigenvalue weighted by Gasteiger charge is 2.21. The number of aromatic nitrogens is 2. The van der Waals surface area contributed by atoms with Gasteiger partial charge in [0.2, 0.25) is 0 Å². The van der Waals surface area contributed by atoms with Crippen LogP contribution in [0.5, 0.6) is 5.75 Å². The van der Waals surface area contributed by atoms with Gasteiger partial charge < -0.3 is 10.4 Å². The summed E-state index contributed by atoms with van der Waals surface area (Å²) >= 11 is 1.53. The predicted octanol–water partition coefficient (Wildman–Crippen LogP) is 5.89. The lowest BCUT2D eigenvalue weighted by Gasteiger charge is -2.21. The number of rotatable bonds is 4. The number of anilines is 1. The molecule has 0 aliphatic carbocycles. The minimum atomic E-state index is -0.414. The largest absolute Gasteiger partial charge is 0.505 e. The number of halogens is 1. The Morgan fingerprint density at radius 3 is 2.59 bits per heavy atom. The van der Waals surface area contributed by atoms with E-state index in [4.69, 9.17) is 0 Å². The van der Waals surface area contributed by atoms with Crippen molar-refractivity contribution >= 4 is 37.6 Å². The van der Waals surface area contributed by atoms with Crippen LogP contribution in [0.15, 0.2) is 79.0 Å². The standard InChI is InChI=1S/C23H16FN3OS/c24-16-10-7-15(8-11-16)20(27-23-26-18-5-1-2-6-19(18)29-23)17-12-9-14-4-3-13-25-21(14)22(17)28/h1-13,20,28H,(H,26,27). The topological polar surface area (TPSA) is 58.0 Å². The molecule has 0 radical (unpaired) electrons. The van der Waals surface area contributed by atoms with Gasteiger partial charge >= 0.3 is 0 Å². The van der Waals surface area contributed by atoms with Crippen LogP contribution in [0.2, 0.25) is 0 Å². The van der Waals surface area contributed by atoms with E-state index in [0.717, 1.165) is 26.3 Å². The summed E-state index contributed by atoms with van der Waals surface area (Å²) in [5.74, 6) is -0.206. The fourth-order valence-electron chi connectivity index (χ4n) is 3.43. The van der Waals surface area contributed by atoms with Gasteiger partial charge in [0.05, 0.1) is 16.3 Å². The number of hydrogen-bond donors (Lipinski definition) is 2. The number of benzene rings is 3. The first-order chi connectivity index (χ1) is 14.2. The minimum absolute atomic E-state index is 0.103. The highest BCUT2D eigenvalue weighted by molar-refractivity contribution is 7.22. The molecular formula is C23H16FN3OS. The molecular weight excluding hydrogens is 385 g/mol. The molecule has 2 N–H and O–H groups in total. The van der Waals surface area contributed by atoms with Crippen LogP contribution in [-0.4, -0.2) is 15.1 Å². The maximum atomic E-state index is 13.5. The Bertz CT molecular complexity index is 1280. The molecule has 0 amide bonds. The van der Waals surface area contributed by atoms with Crippen molar-refractivity contribution in [2.45, 2.75) is 6.04 Å².